The Kier molecular flexibility index (Phi) is 3.41. The van der Waals surface area contributed by atoms with E-state index in [1.165, 1.54) is 0 Å². The van der Waals surface area contributed by atoms with Gasteiger partial charge in [0.25, 0.3) is 5.91 Å². The van der Waals surface area contributed by atoms with Gasteiger partial charge in [-0.1, -0.05) is 12.1 Å². The van der Waals surface area contributed by atoms with Crippen molar-refractivity contribution in [1.29, 1.82) is 0 Å². The Hall–Kier alpha value is -2.30. The van der Waals surface area contributed by atoms with Crippen LogP contribution in [0.3, 0.4) is 0 Å². The Morgan fingerprint density at radius 1 is 1.25 bits per heavy atom. The summed E-state index contributed by atoms with van der Waals surface area (Å²) in [5.41, 5.74) is 7.03. The summed E-state index contributed by atoms with van der Waals surface area (Å²) in [7, 11) is 0. The van der Waals surface area contributed by atoms with Gasteiger partial charge in [0, 0.05) is 37.2 Å². The molecule has 0 unspecified atom stereocenters. The molecular weight excluding hydrogens is 252 g/mol. The highest BCUT2D eigenvalue weighted by atomic mass is 16.2. The van der Waals surface area contributed by atoms with E-state index in [2.05, 4.69) is 9.55 Å². The van der Waals surface area contributed by atoms with E-state index in [0.717, 1.165) is 25.9 Å². The molecule has 0 atom stereocenters. The van der Waals surface area contributed by atoms with Gasteiger partial charge >= 0.3 is 0 Å². The first kappa shape index (κ1) is 12.7. The molecule has 2 N–H and O–H groups in total. The number of aromatic nitrogens is 2. The Bertz CT molecular complexity index is 586. The van der Waals surface area contributed by atoms with Crippen LogP contribution in [0.4, 0.5) is 5.69 Å². The highest BCUT2D eigenvalue weighted by molar-refractivity contribution is 5.99. The van der Waals surface area contributed by atoms with Crippen molar-refractivity contribution in [3.8, 4) is 0 Å². The van der Waals surface area contributed by atoms with Crippen LogP contribution in [0.2, 0.25) is 0 Å². The fraction of sp³-hybridized carbons (Fsp3) is 0.333. The van der Waals surface area contributed by atoms with Crippen LogP contribution in [0.1, 0.15) is 29.2 Å². The zero-order chi connectivity index (χ0) is 13.9. The quantitative estimate of drug-likeness (QED) is 0.848. The number of hydrogen-bond donors (Lipinski definition) is 1. The maximum Gasteiger partial charge on any atom is 0.255 e. The van der Waals surface area contributed by atoms with E-state index < -0.39 is 0 Å². The van der Waals surface area contributed by atoms with Gasteiger partial charge in [0.1, 0.15) is 0 Å². The van der Waals surface area contributed by atoms with Gasteiger partial charge in [-0.25, -0.2) is 4.98 Å². The van der Waals surface area contributed by atoms with E-state index in [1.54, 1.807) is 18.3 Å². The first-order valence-electron chi connectivity index (χ1n) is 6.87. The van der Waals surface area contributed by atoms with Crippen LogP contribution < -0.4 is 5.73 Å². The van der Waals surface area contributed by atoms with Crippen molar-refractivity contribution in [2.75, 3.05) is 18.8 Å². The minimum absolute atomic E-state index is 0.0344. The molecule has 0 saturated carbocycles. The van der Waals surface area contributed by atoms with Crippen molar-refractivity contribution >= 4 is 11.6 Å². The summed E-state index contributed by atoms with van der Waals surface area (Å²) < 4.78 is 2.12. The smallest absolute Gasteiger partial charge is 0.255 e. The first-order chi connectivity index (χ1) is 9.75. The highest BCUT2D eigenvalue weighted by Gasteiger charge is 2.25. The second-order valence-electron chi connectivity index (χ2n) is 5.12. The largest absolute Gasteiger partial charge is 0.398 e. The molecule has 0 radical (unpaired) electrons. The lowest BCUT2D eigenvalue weighted by molar-refractivity contribution is 0.0695. The Morgan fingerprint density at radius 3 is 2.65 bits per heavy atom. The van der Waals surface area contributed by atoms with Gasteiger partial charge in [0.2, 0.25) is 0 Å². The highest BCUT2D eigenvalue weighted by Crippen LogP contribution is 2.24. The first-order valence-corrected chi connectivity index (χ1v) is 6.87. The second-order valence-corrected chi connectivity index (χ2v) is 5.12. The van der Waals surface area contributed by atoms with Gasteiger partial charge in [-0.3, -0.25) is 4.79 Å². The molecule has 1 amide bonds. The number of nitrogen functional groups attached to an aromatic ring is 1. The van der Waals surface area contributed by atoms with Crippen molar-refractivity contribution < 1.29 is 4.79 Å². The predicted octanol–water partition coefficient (Wildman–Crippen LogP) is 1.94. The molecule has 104 valence electrons. The normalized spacial score (nSPS) is 16.3. The minimum Gasteiger partial charge on any atom is -0.398 e. The van der Waals surface area contributed by atoms with E-state index in [9.17, 15) is 4.79 Å². The van der Waals surface area contributed by atoms with E-state index in [4.69, 9.17) is 5.73 Å². The summed E-state index contributed by atoms with van der Waals surface area (Å²) in [6, 6.07) is 7.69. The lowest BCUT2D eigenvalue weighted by Crippen LogP contribution is -2.39. The Balaban J connectivity index is 1.66. The van der Waals surface area contributed by atoms with Crippen molar-refractivity contribution in [2.45, 2.75) is 18.9 Å². The number of carbonyl (C=O) groups is 1. The molecule has 1 aromatic heterocycles. The van der Waals surface area contributed by atoms with Crippen molar-refractivity contribution in [2.24, 2.45) is 0 Å². The summed E-state index contributed by atoms with van der Waals surface area (Å²) in [4.78, 5) is 18.4. The number of amides is 1. The zero-order valence-corrected chi connectivity index (χ0v) is 11.3. The molecule has 5 nitrogen and oxygen atoms in total. The maximum absolute atomic E-state index is 12.4. The van der Waals surface area contributed by atoms with Crippen LogP contribution in [0.5, 0.6) is 0 Å². The number of piperidine rings is 1. The Labute approximate surface area is 118 Å². The van der Waals surface area contributed by atoms with E-state index in [0.29, 0.717) is 17.3 Å². The van der Waals surface area contributed by atoms with E-state index >= 15 is 0 Å². The number of imidazole rings is 1. The molecule has 1 aromatic carbocycles. The molecule has 20 heavy (non-hydrogen) atoms. The molecule has 0 aliphatic carbocycles. The number of para-hydroxylation sites is 1. The van der Waals surface area contributed by atoms with Gasteiger partial charge < -0.3 is 15.2 Å². The number of benzene rings is 1. The number of nitrogens with zero attached hydrogens (tertiary/aromatic N) is 3. The Morgan fingerprint density at radius 2 is 2.00 bits per heavy atom. The third-order valence-corrected chi connectivity index (χ3v) is 3.89. The molecule has 0 spiro atoms. The summed E-state index contributed by atoms with van der Waals surface area (Å²) in [5, 5.41) is 0. The van der Waals surface area contributed by atoms with Crippen LogP contribution in [0.15, 0.2) is 43.0 Å². The molecule has 1 saturated heterocycles. The number of hydrogen-bond acceptors (Lipinski definition) is 3. The van der Waals surface area contributed by atoms with Gasteiger partial charge in [-0.2, -0.15) is 0 Å². The predicted molar refractivity (Wildman–Crippen MR) is 77.3 cm³/mol. The number of likely N-dealkylation sites (tertiary alicyclic amines) is 1. The summed E-state index contributed by atoms with van der Waals surface area (Å²) in [5.74, 6) is 0.0344. The summed E-state index contributed by atoms with van der Waals surface area (Å²) in [6.45, 7) is 1.52. The molecule has 1 aliphatic rings. The lowest BCUT2D eigenvalue weighted by atomic mass is 10.0. The number of rotatable bonds is 2. The molecule has 2 heterocycles. The minimum atomic E-state index is 0.0344. The molecule has 0 bridgehead atoms. The van der Waals surface area contributed by atoms with Crippen LogP contribution >= 0.6 is 0 Å². The van der Waals surface area contributed by atoms with E-state index in [1.807, 2.05) is 29.6 Å². The third-order valence-electron chi connectivity index (χ3n) is 3.89. The summed E-state index contributed by atoms with van der Waals surface area (Å²) >= 11 is 0. The fourth-order valence-electron chi connectivity index (χ4n) is 2.71. The van der Waals surface area contributed by atoms with Gasteiger partial charge in [0.05, 0.1) is 11.9 Å². The average molecular weight is 270 g/mol. The molecule has 3 rings (SSSR count). The number of nitrogens with two attached hydrogens (primary N) is 1. The monoisotopic (exact) mass is 270 g/mol. The second kappa shape index (κ2) is 5.36. The average Bonchev–Trinajstić information content (AvgIpc) is 3.01. The van der Waals surface area contributed by atoms with Gasteiger partial charge in [-0.15, -0.1) is 0 Å². The van der Waals surface area contributed by atoms with Gasteiger partial charge in [0.15, 0.2) is 0 Å². The standard InChI is InChI=1S/C15H18N4O/c16-14-4-2-1-3-13(14)15(20)18-8-5-12(6-9-18)19-10-7-17-11-19/h1-4,7,10-12H,5-6,8-9,16H2. The van der Waals surface area contributed by atoms with Crippen molar-refractivity contribution in [3.05, 3.63) is 48.5 Å². The van der Waals surface area contributed by atoms with Crippen LogP contribution in [-0.2, 0) is 0 Å². The molecule has 1 aliphatic heterocycles. The topological polar surface area (TPSA) is 64.2 Å². The molecule has 5 heteroatoms. The summed E-state index contributed by atoms with van der Waals surface area (Å²) in [6.07, 6.45) is 7.53. The third kappa shape index (κ3) is 2.39. The molecule has 2 aromatic rings. The van der Waals surface area contributed by atoms with Crippen LogP contribution in [-0.4, -0.2) is 33.4 Å². The van der Waals surface area contributed by atoms with Crippen molar-refractivity contribution in [1.82, 2.24) is 14.5 Å². The SMILES string of the molecule is Nc1ccccc1C(=O)N1CCC(n2ccnc2)CC1. The number of carbonyl (C=O) groups excluding carboxylic acids is 1. The molecular formula is C15H18N4O. The zero-order valence-electron chi connectivity index (χ0n) is 11.3. The van der Waals surface area contributed by atoms with E-state index in [-0.39, 0.29) is 5.91 Å². The van der Waals surface area contributed by atoms with Crippen LogP contribution in [0, 0.1) is 0 Å². The molecule has 1 fully saturated rings. The van der Waals surface area contributed by atoms with Crippen LogP contribution in [0.25, 0.3) is 0 Å². The fourth-order valence-corrected chi connectivity index (χ4v) is 2.71. The lowest BCUT2D eigenvalue weighted by Gasteiger charge is -2.32. The van der Waals surface area contributed by atoms with Gasteiger partial charge in [-0.05, 0) is 25.0 Å². The van der Waals surface area contributed by atoms with Crippen molar-refractivity contribution in [3.63, 3.8) is 0 Å². The maximum atomic E-state index is 12.4. The number of anilines is 1.